The maximum Gasteiger partial charge on any atom is 0.472 e. The zero-order valence-corrected chi connectivity index (χ0v) is 71.2. The van der Waals surface area contributed by atoms with E-state index in [2.05, 4.69) is 55.4 Å². The second-order valence-corrected chi connectivity index (χ2v) is 35.3. The number of hydrogen-bond donors (Lipinski definition) is 3. The normalized spacial score (nSPS) is 14.4. The topological polar surface area (TPSA) is 237 Å². The highest BCUT2D eigenvalue weighted by Crippen LogP contribution is 2.45. The van der Waals surface area contributed by atoms with Crippen molar-refractivity contribution in [2.45, 2.75) is 465 Å². The Morgan fingerprint density at radius 2 is 0.457 bits per heavy atom. The summed E-state index contributed by atoms with van der Waals surface area (Å²) in [5, 5.41) is 10.7. The Balaban J connectivity index is 5.26. The summed E-state index contributed by atoms with van der Waals surface area (Å²) in [6, 6.07) is 0. The van der Waals surface area contributed by atoms with Crippen LogP contribution in [0.3, 0.4) is 0 Å². The van der Waals surface area contributed by atoms with Gasteiger partial charge in [-0.25, -0.2) is 9.13 Å². The van der Waals surface area contributed by atoms with E-state index in [0.29, 0.717) is 25.7 Å². The molecule has 19 heteroatoms. The Hall–Kier alpha value is -1.94. The monoisotopic (exact) mass is 1540 g/mol. The van der Waals surface area contributed by atoms with Crippen LogP contribution < -0.4 is 0 Å². The van der Waals surface area contributed by atoms with Crippen molar-refractivity contribution in [2.24, 2.45) is 23.7 Å². The highest BCUT2D eigenvalue weighted by molar-refractivity contribution is 7.47. The fourth-order valence-electron chi connectivity index (χ4n) is 13.3. The van der Waals surface area contributed by atoms with Crippen LogP contribution in [0, 0.1) is 23.7 Å². The number of aliphatic hydroxyl groups is 1. The molecule has 0 amide bonds. The molecule has 624 valence electrons. The lowest BCUT2D eigenvalue weighted by atomic mass is 9.99. The summed E-state index contributed by atoms with van der Waals surface area (Å²) < 4.78 is 68.9. The van der Waals surface area contributed by atoms with E-state index in [1.165, 1.54) is 250 Å². The number of rotatable bonds is 83. The molecule has 17 nitrogen and oxygen atoms in total. The molecule has 0 heterocycles. The molecule has 0 radical (unpaired) electrons. The lowest BCUT2D eigenvalue weighted by Gasteiger charge is -2.21. The van der Waals surface area contributed by atoms with E-state index in [1.54, 1.807) is 0 Å². The SMILES string of the molecule is CCC(C)CCCCCCCCCCCCC(=O)O[C@H](COC(=O)CCCCCCCCCCC(C)CC)COP(=O)(O)OC[C@H](O)COP(=O)(O)OC[C@@H](COC(=O)CCCCCCCCCCCCCCCCCC(C)C)OC(=O)CCCCCCCCCCCCCCCCCCCCC(C)C. The lowest BCUT2D eigenvalue weighted by molar-refractivity contribution is -0.161. The fraction of sp³-hybridized carbons (Fsp3) is 0.953. The van der Waals surface area contributed by atoms with Gasteiger partial charge in [-0.1, -0.05) is 396 Å². The standard InChI is InChI=1S/C86H168O17P2/c1-9-78(7)64-56-48-40-32-28-29-35-45-53-61-69-86(91)103-82(73-97-84(89)67-59-51-43-37-36-41-49-57-65-79(8)10-2)75-101-105(94,95)99-71-80(87)70-98-104(92,93)100-74-81(72-96-83(88)66-58-50-42-33-26-22-19-15-17-21-25-31-39-47-55-63-77(5)6)102-85(90)68-60-52-44-34-27-23-18-14-12-11-13-16-20-24-30-38-46-54-62-76(3)4/h76-82,87H,9-75H2,1-8H3,(H,92,93)(H,94,95)/t78?,79?,80-,81-,82-/m1/s1. The lowest BCUT2D eigenvalue weighted by Crippen LogP contribution is -2.30. The van der Waals surface area contributed by atoms with E-state index in [4.69, 9.17) is 37.0 Å². The molecule has 0 aromatic rings. The molecule has 4 unspecified atom stereocenters. The van der Waals surface area contributed by atoms with Gasteiger partial charge in [-0.3, -0.25) is 37.3 Å². The van der Waals surface area contributed by atoms with Gasteiger partial charge < -0.3 is 33.8 Å². The maximum atomic E-state index is 13.2. The maximum absolute atomic E-state index is 13.2. The highest BCUT2D eigenvalue weighted by Gasteiger charge is 2.31. The van der Waals surface area contributed by atoms with E-state index in [0.717, 1.165) is 114 Å². The second-order valence-electron chi connectivity index (χ2n) is 32.4. The second kappa shape index (κ2) is 74.8. The Labute approximate surface area is 645 Å². The van der Waals surface area contributed by atoms with Gasteiger partial charge in [0.15, 0.2) is 12.2 Å². The molecule has 0 aliphatic carbocycles. The first-order valence-electron chi connectivity index (χ1n) is 44.3. The molecule has 0 rings (SSSR count). The molecule has 0 aromatic heterocycles. The van der Waals surface area contributed by atoms with Crippen LogP contribution in [0.2, 0.25) is 0 Å². The summed E-state index contributed by atoms with van der Waals surface area (Å²) in [5.74, 6) is 1.10. The van der Waals surface area contributed by atoms with Crippen LogP contribution in [-0.4, -0.2) is 96.7 Å². The zero-order valence-electron chi connectivity index (χ0n) is 69.4. The van der Waals surface area contributed by atoms with Crippen LogP contribution in [0.15, 0.2) is 0 Å². The van der Waals surface area contributed by atoms with Gasteiger partial charge in [0.05, 0.1) is 26.4 Å². The number of ether oxygens (including phenoxy) is 4. The number of carbonyl (C=O) groups excluding carboxylic acids is 4. The Kier molecular flexibility index (Phi) is 73.4. The molecule has 3 N–H and O–H groups in total. The summed E-state index contributed by atoms with van der Waals surface area (Å²) >= 11 is 0. The van der Waals surface area contributed by atoms with Crippen LogP contribution in [0.25, 0.3) is 0 Å². The van der Waals surface area contributed by atoms with Crippen molar-refractivity contribution in [1.29, 1.82) is 0 Å². The van der Waals surface area contributed by atoms with Crippen molar-refractivity contribution < 1.29 is 80.2 Å². The van der Waals surface area contributed by atoms with Gasteiger partial charge in [0.1, 0.15) is 19.3 Å². The number of unbranched alkanes of at least 4 members (excludes halogenated alkanes) is 47. The third-order valence-electron chi connectivity index (χ3n) is 20.8. The van der Waals surface area contributed by atoms with Crippen molar-refractivity contribution in [2.75, 3.05) is 39.6 Å². The van der Waals surface area contributed by atoms with Gasteiger partial charge in [-0.05, 0) is 49.4 Å². The van der Waals surface area contributed by atoms with E-state index in [1.807, 2.05) is 0 Å². The first kappa shape index (κ1) is 103. The predicted octanol–water partition coefficient (Wildman–Crippen LogP) is 25.9. The van der Waals surface area contributed by atoms with Crippen molar-refractivity contribution in [1.82, 2.24) is 0 Å². The Morgan fingerprint density at radius 3 is 0.676 bits per heavy atom. The molecule has 105 heavy (non-hydrogen) atoms. The van der Waals surface area contributed by atoms with Crippen molar-refractivity contribution in [3.63, 3.8) is 0 Å². The average Bonchev–Trinajstić information content (AvgIpc) is 0.913. The molecule has 0 fully saturated rings. The number of aliphatic hydroxyl groups excluding tert-OH is 1. The van der Waals surface area contributed by atoms with Gasteiger partial charge in [0.2, 0.25) is 0 Å². The quantitative estimate of drug-likeness (QED) is 0.0222. The minimum atomic E-state index is -4.97. The summed E-state index contributed by atoms with van der Waals surface area (Å²) in [5.41, 5.74) is 0. The highest BCUT2D eigenvalue weighted by atomic mass is 31.2. The molecular weight excluding hydrogens is 1370 g/mol. The van der Waals surface area contributed by atoms with Gasteiger partial charge in [0.25, 0.3) is 0 Å². The largest absolute Gasteiger partial charge is 0.472 e. The molecule has 0 saturated heterocycles. The van der Waals surface area contributed by atoms with Crippen molar-refractivity contribution in [3.8, 4) is 0 Å². The molecule has 0 saturated carbocycles. The summed E-state index contributed by atoms with van der Waals surface area (Å²) in [6.07, 6.45) is 63.7. The van der Waals surface area contributed by atoms with E-state index in [9.17, 15) is 43.2 Å². The Bertz CT molecular complexity index is 2050. The average molecular weight is 1540 g/mol. The molecule has 0 aromatic carbocycles. The number of phosphoric acid groups is 2. The van der Waals surface area contributed by atoms with Crippen LogP contribution in [0.5, 0.6) is 0 Å². The third kappa shape index (κ3) is 77.2. The van der Waals surface area contributed by atoms with Crippen LogP contribution >= 0.6 is 15.6 Å². The van der Waals surface area contributed by atoms with Crippen molar-refractivity contribution >= 4 is 39.5 Å². The molecule has 0 spiro atoms. The van der Waals surface area contributed by atoms with E-state index >= 15 is 0 Å². The van der Waals surface area contributed by atoms with E-state index in [-0.39, 0.29) is 25.7 Å². The Morgan fingerprint density at radius 1 is 0.267 bits per heavy atom. The fourth-order valence-corrected chi connectivity index (χ4v) is 14.8. The molecule has 7 atom stereocenters. The number of esters is 4. The summed E-state index contributed by atoms with van der Waals surface area (Å²) in [7, 11) is -9.93. The number of hydrogen-bond acceptors (Lipinski definition) is 15. The first-order valence-corrected chi connectivity index (χ1v) is 47.3. The van der Waals surface area contributed by atoms with Crippen molar-refractivity contribution in [3.05, 3.63) is 0 Å². The number of carbonyl (C=O) groups is 4. The molecular formula is C86H168O17P2. The minimum absolute atomic E-state index is 0.106. The van der Waals surface area contributed by atoms with Crippen LogP contribution in [-0.2, 0) is 65.4 Å². The zero-order chi connectivity index (χ0) is 77.4. The van der Waals surface area contributed by atoms with Crippen LogP contribution in [0.1, 0.15) is 447 Å². The predicted molar refractivity (Wildman–Crippen MR) is 432 cm³/mol. The first-order chi connectivity index (χ1) is 50.7. The third-order valence-corrected chi connectivity index (χ3v) is 22.7. The van der Waals surface area contributed by atoms with Gasteiger partial charge >= 0.3 is 39.5 Å². The van der Waals surface area contributed by atoms with Gasteiger partial charge in [-0.15, -0.1) is 0 Å². The summed E-state index contributed by atoms with van der Waals surface area (Å²) in [6.45, 7) is 14.4. The summed E-state index contributed by atoms with van der Waals surface area (Å²) in [4.78, 5) is 73.2. The van der Waals surface area contributed by atoms with E-state index < -0.39 is 97.5 Å². The van der Waals surface area contributed by atoms with Crippen LogP contribution in [0.4, 0.5) is 0 Å². The smallest absolute Gasteiger partial charge is 0.462 e. The molecule has 0 bridgehead atoms. The molecule has 0 aliphatic rings. The van der Waals surface area contributed by atoms with Gasteiger partial charge in [0, 0.05) is 25.7 Å². The number of phosphoric ester groups is 2. The minimum Gasteiger partial charge on any atom is -0.462 e. The van der Waals surface area contributed by atoms with Gasteiger partial charge in [-0.2, -0.15) is 0 Å². The molecule has 0 aliphatic heterocycles.